The first-order valence-electron chi connectivity index (χ1n) is 8.98. The van der Waals surface area contributed by atoms with Crippen LogP contribution in [0.15, 0.2) is 54.9 Å². The van der Waals surface area contributed by atoms with Gasteiger partial charge in [0, 0.05) is 22.9 Å². The van der Waals surface area contributed by atoms with Crippen molar-refractivity contribution >= 4 is 17.4 Å². The first-order valence-corrected chi connectivity index (χ1v) is 8.98. The van der Waals surface area contributed by atoms with Gasteiger partial charge in [0.25, 0.3) is 11.7 Å². The van der Waals surface area contributed by atoms with E-state index in [2.05, 4.69) is 10.4 Å². The zero-order valence-electron chi connectivity index (χ0n) is 16.6. The second kappa shape index (κ2) is 8.90. The molecule has 0 aliphatic rings. The lowest BCUT2D eigenvalue weighted by molar-refractivity contribution is -0.0885. The van der Waals surface area contributed by atoms with E-state index in [1.165, 1.54) is 20.4 Å². The SMILES string of the molecule is COc1cccc(Cn2cc(NC(=O)c3ccc(C(=O)C(F)(F)F)cc3)cn2)c1OC. The average molecular weight is 433 g/mol. The minimum Gasteiger partial charge on any atom is -0.493 e. The summed E-state index contributed by atoms with van der Waals surface area (Å²) in [4.78, 5) is 23.6. The lowest BCUT2D eigenvalue weighted by Gasteiger charge is -2.12. The van der Waals surface area contributed by atoms with Crippen molar-refractivity contribution in [2.75, 3.05) is 19.5 Å². The number of halogens is 3. The van der Waals surface area contributed by atoms with Gasteiger partial charge in [-0.15, -0.1) is 0 Å². The molecule has 7 nitrogen and oxygen atoms in total. The monoisotopic (exact) mass is 433 g/mol. The van der Waals surface area contributed by atoms with E-state index in [-0.39, 0.29) is 5.56 Å². The second-order valence-electron chi connectivity index (χ2n) is 6.44. The molecule has 2 aromatic carbocycles. The Hall–Kier alpha value is -3.82. The van der Waals surface area contributed by atoms with E-state index in [0.29, 0.717) is 23.7 Å². The van der Waals surface area contributed by atoms with Crippen molar-refractivity contribution in [3.05, 3.63) is 71.5 Å². The minimum atomic E-state index is -4.97. The summed E-state index contributed by atoms with van der Waals surface area (Å²) >= 11 is 0. The molecule has 0 spiro atoms. The number of ketones is 1. The highest BCUT2D eigenvalue weighted by Crippen LogP contribution is 2.31. The summed E-state index contributed by atoms with van der Waals surface area (Å²) in [6, 6.07) is 9.66. The maximum absolute atomic E-state index is 12.5. The van der Waals surface area contributed by atoms with Crippen LogP contribution in [0.3, 0.4) is 0 Å². The second-order valence-corrected chi connectivity index (χ2v) is 6.44. The number of aromatic nitrogens is 2. The number of para-hydroxylation sites is 1. The van der Waals surface area contributed by atoms with Gasteiger partial charge in [0.15, 0.2) is 11.5 Å². The van der Waals surface area contributed by atoms with Crippen molar-refractivity contribution in [3.8, 4) is 11.5 Å². The largest absolute Gasteiger partial charge is 0.493 e. The van der Waals surface area contributed by atoms with Crippen molar-refractivity contribution in [2.45, 2.75) is 12.7 Å². The minimum absolute atomic E-state index is 0.0981. The number of ether oxygens (including phenoxy) is 2. The summed E-state index contributed by atoms with van der Waals surface area (Å²) in [5.41, 5.74) is 0.764. The van der Waals surface area contributed by atoms with E-state index in [0.717, 1.165) is 29.8 Å². The van der Waals surface area contributed by atoms with Gasteiger partial charge in [0.2, 0.25) is 0 Å². The summed E-state index contributed by atoms with van der Waals surface area (Å²) in [6.07, 6.45) is -1.94. The lowest BCUT2D eigenvalue weighted by atomic mass is 10.1. The summed E-state index contributed by atoms with van der Waals surface area (Å²) in [6.45, 7) is 0.352. The third kappa shape index (κ3) is 5.03. The molecule has 0 aliphatic heterocycles. The third-order valence-electron chi connectivity index (χ3n) is 4.37. The van der Waals surface area contributed by atoms with Crippen LogP contribution in [0.4, 0.5) is 18.9 Å². The van der Waals surface area contributed by atoms with Crippen molar-refractivity contribution < 1.29 is 32.2 Å². The zero-order chi connectivity index (χ0) is 22.6. The summed E-state index contributed by atoms with van der Waals surface area (Å²) in [5, 5.41) is 6.80. The maximum atomic E-state index is 12.5. The molecule has 1 aromatic heterocycles. The van der Waals surface area contributed by atoms with Crippen LogP contribution in [-0.2, 0) is 6.54 Å². The summed E-state index contributed by atoms with van der Waals surface area (Å²) in [5.74, 6) is -1.37. The van der Waals surface area contributed by atoms with Crippen LogP contribution in [0.25, 0.3) is 0 Å². The number of anilines is 1. The molecule has 31 heavy (non-hydrogen) atoms. The van der Waals surface area contributed by atoms with Gasteiger partial charge in [-0.3, -0.25) is 14.3 Å². The predicted octanol–water partition coefficient (Wildman–Crippen LogP) is 3.95. The molecule has 0 saturated heterocycles. The Balaban J connectivity index is 1.69. The van der Waals surface area contributed by atoms with E-state index in [9.17, 15) is 22.8 Å². The fraction of sp³-hybridized carbons (Fsp3) is 0.190. The van der Waals surface area contributed by atoms with E-state index < -0.39 is 23.4 Å². The molecule has 0 fully saturated rings. The molecule has 0 unspecified atom stereocenters. The van der Waals surface area contributed by atoms with Crippen molar-refractivity contribution in [1.29, 1.82) is 0 Å². The molecular weight excluding hydrogens is 415 g/mol. The molecule has 0 aliphatic carbocycles. The van der Waals surface area contributed by atoms with E-state index in [4.69, 9.17) is 9.47 Å². The number of amides is 1. The van der Waals surface area contributed by atoms with Crippen LogP contribution in [0.5, 0.6) is 11.5 Å². The van der Waals surface area contributed by atoms with Gasteiger partial charge in [-0.05, 0) is 18.2 Å². The van der Waals surface area contributed by atoms with Gasteiger partial charge in [0.05, 0.1) is 32.6 Å². The van der Waals surface area contributed by atoms with Crippen LogP contribution in [-0.4, -0.2) is 41.9 Å². The standard InChI is InChI=1S/C21H18F3N3O4/c1-30-17-5-3-4-15(18(17)31-2)11-27-12-16(10-25-27)26-20(29)14-8-6-13(7-9-14)19(28)21(22,23)24/h3-10,12H,11H2,1-2H3,(H,26,29). The number of carbonyl (C=O) groups excluding carboxylic acids is 2. The Morgan fingerprint density at radius 1 is 1.03 bits per heavy atom. The van der Waals surface area contributed by atoms with Gasteiger partial charge in [0.1, 0.15) is 0 Å². The van der Waals surface area contributed by atoms with Gasteiger partial charge < -0.3 is 14.8 Å². The Kier molecular flexibility index (Phi) is 6.28. The molecule has 1 N–H and O–H groups in total. The number of benzene rings is 2. The number of nitrogens with one attached hydrogen (secondary N) is 1. The van der Waals surface area contributed by atoms with Gasteiger partial charge in [-0.2, -0.15) is 18.3 Å². The number of Topliss-reactive ketones (excluding diaryl/α,β-unsaturated/α-hetero) is 1. The highest BCUT2D eigenvalue weighted by molar-refractivity contribution is 6.05. The highest BCUT2D eigenvalue weighted by atomic mass is 19.4. The molecule has 0 saturated carbocycles. The third-order valence-corrected chi connectivity index (χ3v) is 4.37. The molecule has 3 aromatic rings. The number of rotatable bonds is 7. The fourth-order valence-electron chi connectivity index (χ4n) is 2.91. The van der Waals surface area contributed by atoms with Crippen molar-refractivity contribution in [2.24, 2.45) is 0 Å². The first-order chi connectivity index (χ1) is 14.7. The molecule has 3 rings (SSSR count). The first kappa shape index (κ1) is 21.9. The van der Waals surface area contributed by atoms with Gasteiger partial charge in [-0.1, -0.05) is 24.3 Å². The Labute approximate surface area is 175 Å². The normalized spacial score (nSPS) is 11.1. The smallest absolute Gasteiger partial charge is 0.454 e. The Bertz CT molecular complexity index is 1090. The number of alkyl halides is 3. The summed E-state index contributed by atoms with van der Waals surface area (Å²) < 4.78 is 49.7. The zero-order valence-corrected chi connectivity index (χ0v) is 16.6. The molecule has 0 atom stereocenters. The van der Waals surface area contributed by atoms with Crippen LogP contribution in [0.1, 0.15) is 26.3 Å². The lowest BCUT2D eigenvalue weighted by Crippen LogP contribution is -2.22. The van der Waals surface area contributed by atoms with E-state index in [1.54, 1.807) is 16.9 Å². The summed E-state index contributed by atoms with van der Waals surface area (Å²) in [7, 11) is 3.07. The molecule has 10 heteroatoms. The van der Waals surface area contributed by atoms with Gasteiger partial charge in [-0.25, -0.2) is 0 Å². The molecule has 162 valence electrons. The maximum Gasteiger partial charge on any atom is 0.454 e. The number of carbonyl (C=O) groups is 2. The van der Waals surface area contributed by atoms with Crippen molar-refractivity contribution in [3.63, 3.8) is 0 Å². The molecule has 1 amide bonds. The number of hydrogen-bond donors (Lipinski definition) is 1. The van der Waals surface area contributed by atoms with Crippen LogP contribution in [0, 0.1) is 0 Å². The number of methoxy groups -OCH3 is 2. The number of hydrogen-bond acceptors (Lipinski definition) is 5. The van der Waals surface area contributed by atoms with Crippen molar-refractivity contribution in [1.82, 2.24) is 9.78 Å². The Morgan fingerprint density at radius 3 is 2.32 bits per heavy atom. The molecular formula is C21H18F3N3O4. The van der Waals surface area contributed by atoms with Crippen LogP contribution < -0.4 is 14.8 Å². The molecule has 1 heterocycles. The Morgan fingerprint density at radius 2 is 1.71 bits per heavy atom. The quantitative estimate of drug-likeness (QED) is 0.571. The molecule has 0 radical (unpaired) electrons. The van der Waals surface area contributed by atoms with Crippen LogP contribution in [0.2, 0.25) is 0 Å². The molecule has 0 bridgehead atoms. The topological polar surface area (TPSA) is 82.5 Å². The number of nitrogens with zero attached hydrogens (tertiary/aromatic N) is 2. The predicted molar refractivity (Wildman–Crippen MR) is 106 cm³/mol. The van der Waals surface area contributed by atoms with E-state index >= 15 is 0 Å². The van der Waals surface area contributed by atoms with E-state index in [1.807, 2.05) is 12.1 Å². The fourth-order valence-corrected chi connectivity index (χ4v) is 2.91. The average Bonchev–Trinajstić information content (AvgIpc) is 3.19. The highest BCUT2D eigenvalue weighted by Gasteiger charge is 2.39. The van der Waals surface area contributed by atoms with Gasteiger partial charge >= 0.3 is 6.18 Å². The van der Waals surface area contributed by atoms with Crippen LogP contribution >= 0.6 is 0 Å².